The molecule has 2 aromatic carbocycles. The van der Waals surface area contributed by atoms with Gasteiger partial charge in [-0.1, -0.05) is 42.5 Å². The minimum atomic E-state index is -0.555. The smallest absolute Gasteiger partial charge is 0.119 e. The highest BCUT2D eigenvalue weighted by atomic mass is 16.5. The first-order valence-corrected chi connectivity index (χ1v) is 8.00. The predicted octanol–water partition coefficient (Wildman–Crippen LogP) is 1.76. The minimum Gasteiger partial charge on any atom is -0.497 e. The number of methoxy groups -OCH3 is 1. The van der Waals surface area contributed by atoms with E-state index in [1.807, 2.05) is 48.5 Å². The van der Waals surface area contributed by atoms with E-state index in [-0.39, 0.29) is 6.04 Å². The zero-order chi connectivity index (χ0) is 16.5. The summed E-state index contributed by atoms with van der Waals surface area (Å²) < 4.78 is 5.21. The Balaban J connectivity index is 1.68. The van der Waals surface area contributed by atoms with E-state index in [9.17, 15) is 5.11 Å². The van der Waals surface area contributed by atoms with Crippen molar-refractivity contribution in [3.63, 3.8) is 0 Å². The molecular weight excluding hydrogens is 288 g/mol. The van der Waals surface area contributed by atoms with Gasteiger partial charge in [-0.25, -0.2) is 0 Å². The Bertz CT molecular complexity index is 575. The lowest BCUT2D eigenvalue weighted by molar-refractivity contribution is 0.142. The van der Waals surface area contributed by atoms with Crippen LogP contribution in [0.2, 0.25) is 0 Å². The van der Waals surface area contributed by atoms with Crippen molar-refractivity contribution in [3.8, 4) is 5.75 Å². The van der Waals surface area contributed by atoms with Crippen LogP contribution in [0.15, 0.2) is 54.6 Å². The van der Waals surface area contributed by atoms with E-state index in [2.05, 4.69) is 11.4 Å². The molecular formula is C19H26N2O2. The lowest BCUT2D eigenvalue weighted by Crippen LogP contribution is -2.43. The third-order valence-electron chi connectivity index (χ3n) is 3.89. The van der Waals surface area contributed by atoms with Crippen molar-refractivity contribution in [2.24, 2.45) is 5.73 Å². The molecule has 2 aromatic rings. The highest BCUT2D eigenvalue weighted by molar-refractivity contribution is 5.28. The molecule has 0 radical (unpaired) electrons. The Morgan fingerprint density at radius 1 is 1.09 bits per heavy atom. The van der Waals surface area contributed by atoms with Gasteiger partial charge in [-0.05, 0) is 42.6 Å². The molecule has 0 saturated carbocycles. The van der Waals surface area contributed by atoms with Crippen LogP contribution in [0, 0.1) is 0 Å². The predicted molar refractivity (Wildman–Crippen MR) is 93.7 cm³/mol. The Hall–Kier alpha value is -1.88. The van der Waals surface area contributed by atoms with Crippen LogP contribution in [-0.2, 0) is 12.8 Å². The molecule has 4 N–H and O–H groups in total. The van der Waals surface area contributed by atoms with Crippen LogP contribution in [0.5, 0.6) is 5.75 Å². The van der Waals surface area contributed by atoms with Crippen molar-refractivity contribution in [3.05, 3.63) is 65.7 Å². The number of hydrogen-bond acceptors (Lipinski definition) is 4. The van der Waals surface area contributed by atoms with Crippen molar-refractivity contribution in [1.29, 1.82) is 0 Å². The summed E-state index contributed by atoms with van der Waals surface area (Å²) >= 11 is 0. The van der Waals surface area contributed by atoms with E-state index < -0.39 is 6.10 Å². The molecule has 0 aliphatic rings. The van der Waals surface area contributed by atoms with E-state index in [1.165, 1.54) is 5.56 Å². The largest absolute Gasteiger partial charge is 0.497 e. The second-order valence-electron chi connectivity index (χ2n) is 5.73. The average Bonchev–Trinajstić information content (AvgIpc) is 2.59. The van der Waals surface area contributed by atoms with Gasteiger partial charge in [-0.15, -0.1) is 0 Å². The van der Waals surface area contributed by atoms with Crippen molar-refractivity contribution < 1.29 is 9.84 Å². The summed E-state index contributed by atoms with van der Waals surface area (Å²) in [6.07, 6.45) is 1.01. The van der Waals surface area contributed by atoms with Crippen LogP contribution in [0.1, 0.15) is 11.1 Å². The molecule has 4 heteroatoms. The van der Waals surface area contributed by atoms with Gasteiger partial charge in [0.15, 0.2) is 0 Å². The second-order valence-corrected chi connectivity index (χ2v) is 5.73. The van der Waals surface area contributed by atoms with Gasteiger partial charge in [0.1, 0.15) is 5.75 Å². The van der Waals surface area contributed by atoms with E-state index in [1.54, 1.807) is 7.11 Å². The van der Waals surface area contributed by atoms with Gasteiger partial charge in [-0.2, -0.15) is 0 Å². The van der Waals surface area contributed by atoms with Crippen LogP contribution in [0.25, 0.3) is 0 Å². The van der Waals surface area contributed by atoms with Crippen LogP contribution < -0.4 is 15.8 Å². The Kier molecular flexibility index (Phi) is 7.07. The highest BCUT2D eigenvalue weighted by Gasteiger charge is 2.14. The number of aliphatic hydroxyl groups is 1. The molecule has 0 saturated heterocycles. The minimum absolute atomic E-state index is 0.262. The number of benzene rings is 2. The van der Waals surface area contributed by atoms with Gasteiger partial charge in [-0.3, -0.25) is 0 Å². The fourth-order valence-electron chi connectivity index (χ4n) is 2.48. The average molecular weight is 314 g/mol. The van der Waals surface area contributed by atoms with Crippen molar-refractivity contribution in [2.45, 2.75) is 25.0 Å². The molecule has 2 atom stereocenters. The first-order chi connectivity index (χ1) is 11.2. The Labute approximate surface area is 138 Å². The number of aliphatic hydroxyl groups excluding tert-OH is 1. The zero-order valence-corrected chi connectivity index (χ0v) is 13.6. The van der Waals surface area contributed by atoms with Crippen molar-refractivity contribution in [2.75, 3.05) is 20.2 Å². The van der Waals surface area contributed by atoms with Gasteiger partial charge >= 0.3 is 0 Å². The van der Waals surface area contributed by atoms with E-state index in [0.717, 1.165) is 24.3 Å². The molecule has 0 heterocycles. The Morgan fingerprint density at radius 2 is 1.83 bits per heavy atom. The van der Waals surface area contributed by atoms with Crippen LogP contribution in [0.3, 0.4) is 0 Å². The molecule has 0 aliphatic heterocycles. The van der Waals surface area contributed by atoms with Crippen LogP contribution in [-0.4, -0.2) is 37.5 Å². The number of ether oxygens (including phenoxy) is 1. The van der Waals surface area contributed by atoms with Gasteiger partial charge in [0, 0.05) is 12.6 Å². The van der Waals surface area contributed by atoms with Crippen LogP contribution >= 0.6 is 0 Å². The second kappa shape index (κ2) is 9.30. The fraction of sp³-hybridized carbons (Fsp3) is 0.368. The lowest BCUT2D eigenvalue weighted by atomic mass is 10.0. The summed E-state index contributed by atoms with van der Waals surface area (Å²) in [7, 11) is 1.67. The fourth-order valence-corrected chi connectivity index (χ4v) is 2.48. The summed E-state index contributed by atoms with van der Waals surface area (Å²) in [4.78, 5) is 0. The molecule has 0 bridgehead atoms. The lowest BCUT2D eigenvalue weighted by Gasteiger charge is -2.19. The zero-order valence-electron chi connectivity index (χ0n) is 13.6. The first-order valence-electron chi connectivity index (χ1n) is 8.00. The Morgan fingerprint density at radius 3 is 2.57 bits per heavy atom. The maximum Gasteiger partial charge on any atom is 0.119 e. The monoisotopic (exact) mass is 314 g/mol. The highest BCUT2D eigenvalue weighted by Crippen LogP contribution is 2.12. The molecule has 4 nitrogen and oxygen atoms in total. The molecule has 0 aromatic heterocycles. The maximum absolute atomic E-state index is 10.2. The third-order valence-corrected chi connectivity index (χ3v) is 3.89. The molecule has 2 rings (SSSR count). The normalized spacial score (nSPS) is 13.5. The van der Waals surface area contributed by atoms with Crippen LogP contribution in [0.4, 0.5) is 0 Å². The van der Waals surface area contributed by atoms with Gasteiger partial charge in [0.25, 0.3) is 0 Å². The maximum atomic E-state index is 10.2. The summed E-state index contributed by atoms with van der Waals surface area (Å²) in [6, 6.07) is 17.8. The third kappa shape index (κ3) is 6.02. The van der Waals surface area contributed by atoms with Gasteiger partial charge in [0.2, 0.25) is 0 Å². The molecule has 23 heavy (non-hydrogen) atoms. The summed E-state index contributed by atoms with van der Waals surface area (Å²) in [5.74, 6) is 0.868. The van der Waals surface area contributed by atoms with E-state index in [0.29, 0.717) is 13.0 Å². The van der Waals surface area contributed by atoms with E-state index >= 15 is 0 Å². The van der Waals surface area contributed by atoms with Gasteiger partial charge in [0.05, 0.1) is 13.2 Å². The quantitative estimate of drug-likeness (QED) is 0.617. The number of hydrogen-bond donors (Lipinski definition) is 3. The molecule has 124 valence electrons. The summed E-state index contributed by atoms with van der Waals surface area (Å²) in [5, 5.41) is 13.4. The molecule has 0 spiro atoms. The van der Waals surface area contributed by atoms with Crippen molar-refractivity contribution in [1.82, 2.24) is 5.32 Å². The first kappa shape index (κ1) is 17.5. The van der Waals surface area contributed by atoms with Gasteiger partial charge < -0.3 is 20.9 Å². The molecule has 0 amide bonds. The molecule has 0 fully saturated rings. The van der Waals surface area contributed by atoms with Crippen molar-refractivity contribution >= 4 is 0 Å². The number of nitrogens with two attached hydrogens (primary N) is 1. The summed E-state index contributed by atoms with van der Waals surface area (Å²) in [5.41, 5.74) is 8.43. The SMILES string of the molecule is COc1cccc(CCNC[C@@H](O)[C@@H](N)Cc2ccccc2)c1. The molecule has 0 aliphatic carbocycles. The van der Waals surface area contributed by atoms with E-state index in [4.69, 9.17) is 10.5 Å². The standard InChI is InChI=1S/C19H26N2O2/c1-23-17-9-5-8-16(12-17)10-11-21-14-19(22)18(20)13-15-6-3-2-4-7-15/h2-9,12,18-19,21-22H,10-11,13-14,20H2,1H3/t18-,19+/m0/s1. The molecule has 0 unspecified atom stereocenters. The number of nitrogens with one attached hydrogen (secondary N) is 1. The topological polar surface area (TPSA) is 67.5 Å². The number of rotatable bonds is 9. The summed E-state index contributed by atoms with van der Waals surface area (Å²) in [6.45, 7) is 1.29.